The van der Waals surface area contributed by atoms with Crippen LogP contribution in [0.25, 0.3) is 0 Å². The van der Waals surface area contributed by atoms with Crippen molar-refractivity contribution in [1.29, 1.82) is 0 Å². The number of aryl methyl sites for hydroxylation is 1. The predicted molar refractivity (Wildman–Crippen MR) is 101 cm³/mol. The maximum Gasteiger partial charge on any atom is 0.248 e. The molecular weight excluding hydrogens is 379 g/mol. The second-order valence-electron chi connectivity index (χ2n) is 7.47. The molecule has 2 fully saturated rings. The fourth-order valence-electron chi connectivity index (χ4n) is 3.80. The third-order valence-corrected chi connectivity index (χ3v) is 5.34. The normalized spacial score (nSPS) is 21.5. The highest BCUT2D eigenvalue weighted by Crippen LogP contribution is 2.22. The Morgan fingerprint density at radius 1 is 1.21 bits per heavy atom. The number of likely N-dealkylation sites (tertiary alicyclic amines) is 1. The minimum absolute atomic E-state index is 0.0222. The van der Waals surface area contributed by atoms with Crippen molar-refractivity contribution in [3.8, 4) is 5.75 Å². The van der Waals surface area contributed by atoms with Gasteiger partial charge < -0.3 is 18.8 Å². The second kappa shape index (κ2) is 8.87. The van der Waals surface area contributed by atoms with Crippen LogP contribution in [0, 0.1) is 12.7 Å². The molecule has 0 aliphatic carbocycles. The molecule has 0 N–H and O–H groups in total. The molecule has 4 rings (SSSR count). The average Bonchev–Trinajstić information content (AvgIpc) is 3.14. The number of morpholine rings is 1. The van der Waals surface area contributed by atoms with E-state index < -0.39 is 0 Å². The Morgan fingerprint density at radius 3 is 2.66 bits per heavy atom. The van der Waals surface area contributed by atoms with Crippen molar-refractivity contribution >= 4 is 5.91 Å². The summed E-state index contributed by atoms with van der Waals surface area (Å²) >= 11 is 0. The number of rotatable bonds is 6. The van der Waals surface area contributed by atoms with Crippen LogP contribution in [0.3, 0.4) is 0 Å². The maximum absolute atomic E-state index is 13.0. The summed E-state index contributed by atoms with van der Waals surface area (Å²) in [5.41, 5.74) is 0. The lowest BCUT2D eigenvalue weighted by atomic mass is 10.0. The van der Waals surface area contributed by atoms with Crippen LogP contribution in [-0.4, -0.2) is 70.9 Å². The third-order valence-electron chi connectivity index (χ3n) is 5.34. The van der Waals surface area contributed by atoms with E-state index in [4.69, 9.17) is 13.9 Å². The van der Waals surface area contributed by atoms with E-state index in [0.29, 0.717) is 37.2 Å². The first-order valence-electron chi connectivity index (χ1n) is 9.87. The molecule has 2 aliphatic rings. The highest BCUT2D eigenvalue weighted by Gasteiger charge is 2.34. The van der Waals surface area contributed by atoms with E-state index >= 15 is 0 Å². The Kier molecular flexibility index (Phi) is 6.05. The maximum atomic E-state index is 13.0. The van der Waals surface area contributed by atoms with Crippen molar-refractivity contribution in [2.24, 2.45) is 0 Å². The van der Waals surface area contributed by atoms with Crippen molar-refractivity contribution in [1.82, 2.24) is 20.0 Å². The first-order chi connectivity index (χ1) is 14.1. The SMILES string of the molecule is Cc1nnc(CN2CCC(N3C[C@@H](COc4ccc(F)cc4)OCC3=O)CC2)o1. The monoisotopic (exact) mass is 404 g/mol. The van der Waals surface area contributed by atoms with E-state index in [0.717, 1.165) is 25.9 Å². The molecule has 1 aromatic carbocycles. The molecule has 2 saturated heterocycles. The van der Waals surface area contributed by atoms with Crippen LogP contribution < -0.4 is 4.74 Å². The summed E-state index contributed by atoms with van der Waals surface area (Å²) in [6.07, 6.45) is 1.59. The largest absolute Gasteiger partial charge is 0.491 e. The van der Waals surface area contributed by atoms with Gasteiger partial charge in [-0.2, -0.15) is 0 Å². The minimum atomic E-state index is -0.302. The number of halogens is 1. The molecule has 1 atom stereocenters. The molecule has 1 amide bonds. The van der Waals surface area contributed by atoms with Gasteiger partial charge in [-0.1, -0.05) is 0 Å². The molecule has 0 spiro atoms. The summed E-state index contributed by atoms with van der Waals surface area (Å²) in [7, 11) is 0. The molecule has 29 heavy (non-hydrogen) atoms. The molecule has 1 aromatic heterocycles. The van der Waals surface area contributed by atoms with Crippen LogP contribution >= 0.6 is 0 Å². The number of nitrogens with zero attached hydrogens (tertiary/aromatic N) is 4. The third kappa shape index (κ3) is 5.10. The molecule has 0 unspecified atom stereocenters. The molecule has 9 heteroatoms. The van der Waals surface area contributed by atoms with Gasteiger partial charge in [0.05, 0.1) is 13.1 Å². The van der Waals surface area contributed by atoms with Crippen LogP contribution in [0.1, 0.15) is 24.6 Å². The molecule has 0 saturated carbocycles. The van der Waals surface area contributed by atoms with Gasteiger partial charge in [0.25, 0.3) is 0 Å². The number of carbonyl (C=O) groups is 1. The number of benzene rings is 1. The van der Waals surface area contributed by atoms with Gasteiger partial charge in [0.1, 0.15) is 30.9 Å². The molecular formula is C20H25FN4O4. The van der Waals surface area contributed by atoms with Gasteiger partial charge in [-0.25, -0.2) is 4.39 Å². The lowest BCUT2D eigenvalue weighted by Gasteiger charge is -2.41. The first-order valence-corrected chi connectivity index (χ1v) is 9.87. The zero-order valence-electron chi connectivity index (χ0n) is 16.4. The Labute approximate surface area is 168 Å². The summed E-state index contributed by atoms with van der Waals surface area (Å²) < 4.78 is 29.8. The summed E-state index contributed by atoms with van der Waals surface area (Å²) in [6.45, 7) is 5.06. The standard InChI is InChI=1S/C20H25FN4O4/c1-14-22-23-19(29-14)11-24-8-6-16(7-9-24)25-10-18(28-13-20(25)26)12-27-17-4-2-15(21)3-5-17/h2-5,16,18H,6-13H2,1H3/t18-/m0/s1. The molecule has 2 aromatic rings. The lowest BCUT2D eigenvalue weighted by molar-refractivity contribution is -0.155. The first kappa shape index (κ1) is 19.8. The van der Waals surface area contributed by atoms with Crippen molar-refractivity contribution in [3.05, 3.63) is 41.9 Å². The number of hydrogen-bond acceptors (Lipinski definition) is 7. The number of carbonyl (C=O) groups excluding carboxylic acids is 1. The fraction of sp³-hybridized carbons (Fsp3) is 0.550. The van der Waals surface area contributed by atoms with Crippen LogP contribution in [0.5, 0.6) is 5.75 Å². The summed E-state index contributed by atoms with van der Waals surface area (Å²) in [5.74, 6) is 1.50. The predicted octanol–water partition coefficient (Wildman–Crippen LogP) is 1.79. The fourth-order valence-corrected chi connectivity index (χ4v) is 3.80. The zero-order chi connectivity index (χ0) is 20.2. The summed E-state index contributed by atoms with van der Waals surface area (Å²) in [6, 6.07) is 6.08. The highest BCUT2D eigenvalue weighted by atomic mass is 19.1. The Morgan fingerprint density at radius 2 is 1.97 bits per heavy atom. The molecule has 156 valence electrons. The van der Waals surface area contributed by atoms with Gasteiger partial charge >= 0.3 is 0 Å². The van der Waals surface area contributed by atoms with E-state index in [9.17, 15) is 9.18 Å². The quantitative estimate of drug-likeness (QED) is 0.726. The smallest absolute Gasteiger partial charge is 0.248 e. The van der Waals surface area contributed by atoms with E-state index in [1.54, 1.807) is 19.1 Å². The number of aromatic nitrogens is 2. The average molecular weight is 404 g/mol. The van der Waals surface area contributed by atoms with Crippen molar-refractivity contribution < 1.29 is 23.1 Å². The molecule has 3 heterocycles. The van der Waals surface area contributed by atoms with Crippen LogP contribution in [0.4, 0.5) is 4.39 Å². The van der Waals surface area contributed by atoms with Gasteiger partial charge in [0, 0.05) is 26.1 Å². The van der Waals surface area contributed by atoms with Gasteiger partial charge in [-0.15, -0.1) is 10.2 Å². The second-order valence-corrected chi connectivity index (χ2v) is 7.47. The number of ether oxygens (including phenoxy) is 2. The van der Waals surface area contributed by atoms with Crippen molar-refractivity contribution in [3.63, 3.8) is 0 Å². The minimum Gasteiger partial charge on any atom is -0.491 e. The van der Waals surface area contributed by atoms with E-state index in [2.05, 4.69) is 15.1 Å². The van der Waals surface area contributed by atoms with Crippen molar-refractivity contribution in [2.75, 3.05) is 32.8 Å². The van der Waals surface area contributed by atoms with Crippen molar-refractivity contribution in [2.45, 2.75) is 38.5 Å². The van der Waals surface area contributed by atoms with Gasteiger partial charge in [0.2, 0.25) is 17.7 Å². The lowest BCUT2D eigenvalue weighted by Crippen LogP contribution is -2.55. The van der Waals surface area contributed by atoms with E-state index in [1.165, 1.54) is 12.1 Å². The molecule has 0 radical (unpaired) electrons. The van der Waals surface area contributed by atoms with Gasteiger partial charge in [0.15, 0.2) is 0 Å². The zero-order valence-corrected chi connectivity index (χ0v) is 16.4. The van der Waals surface area contributed by atoms with Gasteiger partial charge in [-0.3, -0.25) is 9.69 Å². The topological polar surface area (TPSA) is 80.9 Å². The van der Waals surface area contributed by atoms with Gasteiger partial charge in [-0.05, 0) is 37.1 Å². The summed E-state index contributed by atoms with van der Waals surface area (Å²) in [5, 5.41) is 7.91. The Bertz CT molecular complexity index is 820. The Balaban J connectivity index is 1.26. The molecule has 2 aliphatic heterocycles. The Hall–Kier alpha value is -2.52. The molecule has 8 nitrogen and oxygen atoms in total. The van der Waals surface area contributed by atoms with Crippen LogP contribution in [-0.2, 0) is 16.1 Å². The van der Waals surface area contributed by atoms with Crippen LogP contribution in [0.2, 0.25) is 0 Å². The van der Waals surface area contributed by atoms with E-state index in [-0.39, 0.29) is 30.5 Å². The van der Waals surface area contributed by atoms with E-state index in [1.807, 2.05) is 4.90 Å². The number of hydrogen-bond donors (Lipinski definition) is 0. The highest BCUT2D eigenvalue weighted by molar-refractivity contribution is 5.78. The van der Waals surface area contributed by atoms with Crippen LogP contribution in [0.15, 0.2) is 28.7 Å². The molecule has 0 bridgehead atoms. The number of amides is 1. The number of piperidine rings is 1. The summed E-state index contributed by atoms with van der Waals surface area (Å²) in [4.78, 5) is 16.6.